The summed E-state index contributed by atoms with van der Waals surface area (Å²) in [5.41, 5.74) is 2.24. The SMILES string of the molecule is Cn1ncc2c(N3CCSC(=O)C3=O)nc(-c3cccc4[nH]ncc34)nc21. The van der Waals surface area contributed by atoms with Crippen LogP contribution < -0.4 is 4.90 Å². The molecule has 0 bridgehead atoms. The van der Waals surface area contributed by atoms with Gasteiger partial charge < -0.3 is 0 Å². The fourth-order valence-electron chi connectivity index (χ4n) is 3.20. The smallest absolute Gasteiger partial charge is 0.288 e. The molecule has 0 radical (unpaired) electrons. The minimum Gasteiger partial charge on any atom is -0.288 e. The predicted octanol–water partition coefficient (Wildman–Crippen LogP) is 1.51. The van der Waals surface area contributed by atoms with E-state index in [1.165, 1.54) is 4.90 Å². The second-order valence-electron chi connectivity index (χ2n) is 6.11. The van der Waals surface area contributed by atoms with Gasteiger partial charge in [0.1, 0.15) is 0 Å². The third-order valence-corrected chi connectivity index (χ3v) is 5.34. The highest BCUT2D eigenvalue weighted by molar-refractivity contribution is 8.15. The first-order valence-corrected chi connectivity index (χ1v) is 9.23. The molecule has 134 valence electrons. The molecule has 0 spiro atoms. The summed E-state index contributed by atoms with van der Waals surface area (Å²) in [6.07, 6.45) is 3.33. The number of fused-ring (bicyclic) bond motifs is 2. The number of anilines is 1. The van der Waals surface area contributed by atoms with E-state index in [2.05, 4.69) is 25.3 Å². The van der Waals surface area contributed by atoms with Crippen LogP contribution in [-0.2, 0) is 16.6 Å². The zero-order chi connectivity index (χ0) is 18.5. The molecule has 1 aliphatic rings. The number of thioether (sulfide) groups is 1. The molecule has 1 aliphatic heterocycles. The number of carbonyl (C=O) groups is 2. The van der Waals surface area contributed by atoms with Crippen molar-refractivity contribution in [2.24, 2.45) is 7.05 Å². The van der Waals surface area contributed by atoms with Crippen molar-refractivity contribution >= 4 is 50.5 Å². The normalized spacial score (nSPS) is 15.2. The molecule has 0 atom stereocenters. The maximum absolute atomic E-state index is 12.4. The predicted molar refractivity (Wildman–Crippen MR) is 101 cm³/mol. The first kappa shape index (κ1) is 15.9. The fraction of sp³-hybridized carbons (Fsp3) is 0.176. The van der Waals surface area contributed by atoms with Crippen molar-refractivity contribution in [2.45, 2.75) is 0 Å². The van der Waals surface area contributed by atoms with E-state index >= 15 is 0 Å². The Kier molecular flexibility index (Phi) is 3.47. The van der Waals surface area contributed by atoms with Crippen LogP contribution in [0.5, 0.6) is 0 Å². The van der Waals surface area contributed by atoms with Crippen molar-refractivity contribution in [1.82, 2.24) is 29.9 Å². The molecule has 9 nitrogen and oxygen atoms in total. The standard InChI is InChI=1S/C17H13N7O2S/c1-23-14-11(8-19-23)15(24-5-6-27-17(26)16(24)25)21-13(20-14)9-3-2-4-12-10(9)7-18-22-12/h2-4,7-8H,5-6H2,1H3,(H,18,22). The molecular formula is C17H13N7O2S. The molecule has 1 amide bonds. The second-order valence-corrected chi connectivity index (χ2v) is 7.17. The van der Waals surface area contributed by atoms with Crippen LogP contribution in [-0.4, -0.2) is 53.3 Å². The van der Waals surface area contributed by atoms with E-state index < -0.39 is 11.0 Å². The van der Waals surface area contributed by atoms with Gasteiger partial charge in [-0.1, -0.05) is 23.9 Å². The van der Waals surface area contributed by atoms with E-state index in [4.69, 9.17) is 0 Å². The van der Waals surface area contributed by atoms with Crippen molar-refractivity contribution < 1.29 is 9.59 Å². The highest BCUT2D eigenvalue weighted by Gasteiger charge is 2.31. The Hall–Kier alpha value is -3.27. The summed E-state index contributed by atoms with van der Waals surface area (Å²) < 4.78 is 1.63. The average Bonchev–Trinajstić information content (AvgIpc) is 3.30. The molecule has 1 N–H and O–H groups in total. The Labute approximate surface area is 156 Å². The third kappa shape index (κ3) is 2.40. The Balaban J connectivity index is 1.78. The van der Waals surface area contributed by atoms with Crippen LogP contribution in [0.15, 0.2) is 30.6 Å². The third-order valence-electron chi connectivity index (χ3n) is 4.52. The van der Waals surface area contributed by atoms with Gasteiger partial charge in [-0.2, -0.15) is 10.2 Å². The number of aromatic amines is 1. The van der Waals surface area contributed by atoms with Gasteiger partial charge in [0.2, 0.25) is 0 Å². The van der Waals surface area contributed by atoms with Gasteiger partial charge in [0, 0.05) is 30.3 Å². The minimum absolute atomic E-state index is 0.405. The zero-order valence-corrected chi connectivity index (χ0v) is 15.0. The highest BCUT2D eigenvalue weighted by Crippen LogP contribution is 2.32. The lowest BCUT2D eigenvalue weighted by atomic mass is 10.1. The number of aromatic nitrogens is 6. The molecule has 3 aromatic heterocycles. The number of amides is 1. The molecule has 0 aliphatic carbocycles. The Morgan fingerprint density at radius 1 is 1.15 bits per heavy atom. The number of benzene rings is 1. The van der Waals surface area contributed by atoms with Crippen LogP contribution in [0.1, 0.15) is 0 Å². The molecular weight excluding hydrogens is 366 g/mol. The molecule has 10 heteroatoms. The number of aryl methyl sites for hydroxylation is 1. The summed E-state index contributed by atoms with van der Waals surface area (Å²) in [5.74, 6) is 0.819. The van der Waals surface area contributed by atoms with Crippen LogP contribution in [0.2, 0.25) is 0 Å². The first-order chi connectivity index (χ1) is 13.1. The summed E-state index contributed by atoms with van der Waals surface area (Å²) in [6.45, 7) is 0.408. The van der Waals surface area contributed by atoms with Gasteiger partial charge in [0.25, 0.3) is 5.12 Å². The lowest BCUT2D eigenvalue weighted by molar-refractivity contribution is -0.131. The van der Waals surface area contributed by atoms with E-state index in [0.717, 1.165) is 28.2 Å². The van der Waals surface area contributed by atoms with Crippen LogP contribution in [0, 0.1) is 0 Å². The van der Waals surface area contributed by atoms with E-state index in [0.29, 0.717) is 35.0 Å². The first-order valence-electron chi connectivity index (χ1n) is 8.24. The summed E-state index contributed by atoms with van der Waals surface area (Å²) in [4.78, 5) is 35.1. The van der Waals surface area contributed by atoms with Crippen LogP contribution in [0.3, 0.4) is 0 Å². The molecule has 1 aromatic carbocycles. The monoisotopic (exact) mass is 379 g/mol. The molecule has 1 saturated heterocycles. The Morgan fingerprint density at radius 3 is 2.93 bits per heavy atom. The quantitative estimate of drug-likeness (QED) is 0.526. The Morgan fingerprint density at radius 2 is 2.04 bits per heavy atom. The van der Waals surface area contributed by atoms with Gasteiger partial charge >= 0.3 is 5.91 Å². The summed E-state index contributed by atoms with van der Waals surface area (Å²) in [7, 11) is 1.78. The van der Waals surface area contributed by atoms with E-state index in [1.807, 2.05) is 18.2 Å². The van der Waals surface area contributed by atoms with Crippen molar-refractivity contribution in [3.05, 3.63) is 30.6 Å². The van der Waals surface area contributed by atoms with Crippen molar-refractivity contribution in [1.29, 1.82) is 0 Å². The van der Waals surface area contributed by atoms with Gasteiger partial charge in [0.05, 0.1) is 23.3 Å². The molecule has 27 heavy (non-hydrogen) atoms. The number of carbonyl (C=O) groups excluding carboxylic acids is 2. The fourth-order valence-corrected chi connectivity index (χ4v) is 3.89. The highest BCUT2D eigenvalue weighted by atomic mass is 32.2. The van der Waals surface area contributed by atoms with Crippen LogP contribution in [0.4, 0.5) is 5.82 Å². The number of nitrogens with one attached hydrogen (secondary N) is 1. The molecule has 1 fully saturated rings. The number of hydrogen-bond acceptors (Lipinski definition) is 7. The topological polar surface area (TPSA) is 110 Å². The zero-order valence-electron chi connectivity index (χ0n) is 14.2. The number of H-pyrrole nitrogens is 1. The van der Waals surface area contributed by atoms with E-state index in [-0.39, 0.29) is 0 Å². The van der Waals surface area contributed by atoms with Crippen molar-refractivity contribution in [3.63, 3.8) is 0 Å². The van der Waals surface area contributed by atoms with E-state index in [9.17, 15) is 9.59 Å². The van der Waals surface area contributed by atoms with Gasteiger partial charge in [-0.15, -0.1) is 0 Å². The summed E-state index contributed by atoms with van der Waals surface area (Å²) in [5, 5.41) is 12.3. The Bertz CT molecular complexity index is 1230. The number of rotatable bonds is 2. The summed E-state index contributed by atoms with van der Waals surface area (Å²) in [6, 6.07) is 5.70. The minimum atomic E-state index is -0.567. The van der Waals surface area contributed by atoms with Gasteiger partial charge in [-0.3, -0.25) is 24.3 Å². The van der Waals surface area contributed by atoms with E-state index in [1.54, 1.807) is 24.1 Å². The molecule has 4 aromatic rings. The number of nitrogens with zero attached hydrogens (tertiary/aromatic N) is 6. The van der Waals surface area contributed by atoms with Crippen molar-refractivity contribution in [2.75, 3.05) is 17.2 Å². The molecule has 0 unspecified atom stereocenters. The molecule has 5 rings (SSSR count). The average molecular weight is 379 g/mol. The van der Waals surface area contributed by atoms with Gasteiger partial charge in [-0.05, 0) is 6.07 Å². The largest absolute Gasteiger partial charge is 0.306 e. The van der Waals surface area contributed by atoms with Crippen LogP contribution in [0.25, 0.3) is 33.3 Å². The number of hydrogen-bond donors (Lipinski definition) is 1. The molecule has 0 saturated carbocycles. The molecule has 4 heterocycles. The maximum atomic E-state index is 12.4. The van der Waals surface area contributed by atoms with Gasteiger partial charge in [0.15, 0.2) is 17.3 Å². The lowest BCUT2D eigenvalue weighted by Crippen LogP contribution is -2.42. The van der Waals surface area contributed by atoms with Crippen LogP contribution >= 0.6 is 11.8 Å². The maximum Gasteiger partial charge on any atom is 0.306 e. The van der Waals surface area contributed by atoms with Crippen molar-refractivity contribution in [3.8, 4) is 11.4 Å². The lowest BCUT2D eigenvalue weighted by Gasteiger charge is -2.25. The second kappa shape index (κ2) is 5.88. The van der Waals surface area contributed by atoms with Gasteiger partial charge in [-0.25, -0.2) is 9.97 Å². The summed E-state index contributed by atoms with van der Waals surface area (Å²) >= 11 is 1.03.